The third kappa shape index (κ3) is 4.30. The van der Waals surface area contributed by atoms with Crippen LogP contribution in [0.15, 0.2) is 20.9 Å². The molecule has 1 unspecified atom stereocenters. The maximum absolute atomic E-state index is 12.3. The Hall–Kier alpha value is -0.920. The summed E-state index contributed by atoms with van der Waals surface area (Å²) in [5, 5.41) is 2.00. The standard InChI is InChI=1S/C15H22BrN3O2S/c1-14(2,3)21-13(20)19-6-5-18-12(19)8-15(4,17)11-7-10(16)9-22-11/h7,9H,5-6,8,17H2,1-4H3. The van der Waals surface area contributed by atoms with Gasteiger partial charge < -0.3 is 10.5 Å². The molecule has 0 saturated carbocycles. The second kappa shape index (κ2) is 6.29. The molecule has 1 aliphatic rings. The first-order valence-corrected chi connectivity index (χ1v) is 8.83. The largest absolute Gasteiger partial charge is 0.443 e. The number of ether oxygens (including phenoxy) is 1. The van der Waals surface area contributed by atoms with Gasteiger partial charge in [0.25, 0.3) is 0 Å². The summed E-state index contributed by atoms with van der Waals surface area (Å²) in [6.45, 7) is 8.67. The molecular formula is C15H22BrN3O2S. The molecule has 22 heavy (non-hydrogen) atoms. The first-order valence-electron chi connectivity index (χ1n) is 7.16. The molecule has 0 saturated heterocycles. The van der Waals surface area contributed by atoms with Gasteiger partial charge in [0.15, 0.2) is 0 Å². The monoisotopic (exact) mass is 387 g/mol. The third-order valence-electron chi connectivity index (χ3n) is 3.20. The van der Waals surface area contributed by atoms with Crippen molar-refractivity contribution in [1.29, 1.82) is 0 Å². The van der Waals surface area contributed by atoms with E-state index < -0.39 is 11.1 Å². The van der Waals surface area contributed by atoms with Gasteiger partial charge in [-0.25, -0.2) is 4.79 Å². The molecule has 0 spiro atoms. The van der Waals surface area contributed by atoms with Crippen LogP contribution in [0.25, 0.3) is 0 Å². The van der Waals surface area contributed by atoms with E-state index in [1.165, 1.54) is 0 Å². The van der Waals surface area contributed by atoms with Gasteiger partial charge in [0.2, 0.25) is 0 Å². The summed E-state index contributed by atoms with van der Waals surface area (Å²) in [7, 11) is 0. The number of amidine groups is 1. The molecule has 0 fully saturated rings. The summed E-state index contributed by atoms with van der Waals surface area (Å²) in [6.07, 6.45) is 0.144. The van der Waals surface area contributed by atoms with Crippen molar-refractivity contribution in [3.8, 4) is 0 Å². The van der Waals surface area contributed by atoms with Gasteiger partial charge in [-0.2, -0.15) is 0 Å². The normalized spacial score (nSPS) is 18.1. The van der Waals surface area contributed by atoms with Crippen LogP contribution in [-0.2, 0) is 10.3 Å². The number of aliphatic imine (C=N–C) groups is 1. The Labute approximate surface area is 143 Å². The van der Waals surface area contributed by atoms with E-state index in [1.54, 1.807) is 16.2 Å². The summed E-state index contributed by atoms with van der Waals surface area (Å²) in [4.78, 5) is 19.4. The van der Waals surface area contributed by atoms with Gasteiger partial charge in [-0.3, -0.25) is 9.89 Å². The van der Waals surface area contributed by atoms with Crippen LogP contribution in [0.3, 0.4) is 0 Å². The van der Waals surface area contributed by atoms with Crippen LogP contribution in [0.5, 0.6) is 0 Å². The molecule has 2 N–H and O–H groups in total. The zero-order valence-corrected chi connectivity index (χ0v) is 15.8. The van der Waals surface area contributed by atoms with Gasteiger partial charge in [0, 0.05) is 21.2 Å². The second-order valence-electron chi connectivity index (χ2n) is 6.65. The minimum absolute atomic E-state index is 0.355. The first kappa shape index (κ1) is 17.4. The Morgan fingerprint density at radius 1 is 1.50 bits per heavy atom. The van der Waals surface area contributed by atoms with Crippen molar-refractivity contribution in [2.45, 2.75) is 45.3 Å². The summed E-state index contributed by atoms with van der Waals surface area (Å²) in [5.74, 6) is 0.698. The van der Waals surface area contributed by atoms with Crippen LogP contribution in [-0.4, -0.2) is 35.5 Å². The first-order chi connectivity index (χ1) is 10.1. The highest BCUT2D eigenvalue weighted by Crippen LogP contribution is 2.32. The number of nitrogens with zero attached hydrogens (tertiary/aromatic N) is 2. The fourth-order valence-electron chi connectivity index (χ4n) is 2.19. The van der Waals surface area contributed by atoms with E-state index in [2.05, 4.69) is 20.9 Å². The van der Waals surface area contributed by atoms with Crippen molar-refractivity contribution >= 4 is 39.2 Å². The predicted octanol–water partition coefficient (Wildman–Crippen LogP) is 3.72. The van der Waals surface area contributed by atoms with E-state index >= 15 is 0 Å². The molecule has 122 valence electrons. The molecule has 0 aromatic carbocycles. The zero-order valence-electron chi connectivity index (χ0n) is 13.4. The lowest BCUT2D eigenvalue weighted by Gasteiger charge is -2.29. The molecule has 0 bridgehead atoms. The molecule has 0 radical (unpaired) electrons. The molecule has 1 atom stereocenters. The number of carbonyl (C=O) groups excluding carboxylic acids is 1. The molecule has 2 heterocycles. The molecule has 0 aliphatic carbocycles. The summed E-state index contributed by atoms with van der Waals surface area (Å²) < 4.78 is 6.45. The SMILES string of the molecule is CC(C)(C)OC(=O)N1CCN=C1CC(C)(N)c1cc(Br)cs1. The van der Waals surface area contributed by atoms with Crippen molar-refractivity contribution in [2.24, 2.45) is 10.7 Å². The molecule has 1 aliphatic heterocycles. The van der Waals surface area contributed by atoms with Gasteiger partial charge in [-0.05, 0) is 49.7 Å². The number of halogens is 1. The molecular weight excluding hydrogens is 366 g/mol. The average Bonchev–Trinajstić information content (AvgIpc) is 2.95. The van der Waals surface area contributed by atoms with Crippen molar-refractivity contribution < 1.29 is 9.53 Å². The van der Waals surface area contributed by atoms with Gasteiger partial charge >= 0.3 is 6.09 Å². The second-order valence-corrected chi connectivity index (χ2v) is 8.48. The Morgan fingerprint density at radius 2 is 2.18 bits per heavy atom. The van der Waals surface area contributed by atoms with Crippen molar-refractivity contribution in [2.75, 3.05) is 13.1 Å². The number of rotatable bonds is 3. The fraction of sp³-hybridized carbons (Fsp3) is 0.600. The third-order valence-corrected chi connectivity index (χ3v) is 5.17. The maximum atomic E-state index is 12.3. The number of thiophene rings is 1. The van der Waals surface area contributed by atoms with Crippen molar-refractivity contribution in [3.63, 3.8) is 0 Å². The van der Waals surface area contributed by atoms with E-state index in [1.807, 2.05) is 39.1 Å². The number of nitrogens with two attached hydrogens (primary N) is 1. The number of amides is 1. The van der Waals surface area contributed by atoms with E-state index in [9.17, 15) is 4.79 Å². The van der Waals surface area contributed by atoms with Crippen LogP contribution in [0.2, 0.25) is 0 Å². The highest BCUT2D eigenvalue weighted by atomic mass is 79.9. The number of carbonyl (C=O) groups is 1. The average molecular weight is 388 g/mol. The van der Waals surface area contributed by atoms with Crippen LogP contribution in [0.1, 0.15) is 39.0 Å². The Morgan fingerprint density at radius 3 is 2.73 bits per heavy atom. The van der Waals surface area contributed by atoms with Crippen LogP contribution in [0, 0.1) is 0 Å². The number of hydrogen-bond acceptors (Lipinski definition) is 5. The molecule has 1 amide bonds. The quantitative estimate of drug-likeness (QED) is 0.858. The highest BCUT2D eigenvalue weighted by Gasteiger charge is 2.33. The van der Waals surface area contributed by atoms with Crippen molar-refractivity contribution in [1.82, 2.24) is 4.90 Å². The summed E-state index contributed by atoms with van der Waals surface area (Å²) >= 11 is 5.04. The molecule has 2 rings (SSSR count). The van der Waals surface area contributed by atoms with Gasteiger partial charge in [0.05, 0.1) is 18.6 Å². The highest BCUT2D eigenvalue weighted by molar-refractivity contribution is 9.10. The van der Waals surface area contributed by atoms with Gasteiger partial charge in [0.1, 0.15) is 11.4 Å². The topological polar surface area (TPSA) is 67.9 Å². The lowest BCUT2D eigenvalue weighted by atomic mass is 9.96. The summed E-state index contributed by atoms with van der Waals surface area (Å²) in [6, 6.07) is 2.01. The molecule has 1 aromatic heterocycles. The van der Waals surface area contributed by atoms with Crippen LogP contribution >= 0.6 is 27.3 Å². The molecule has 7 heteroatoms. The minimum Gasteiger partial charge on any atom is -0.443 e. The maximum Gasteiger partial charge on any atom is 0.415 e. The smallest absolute Gasteiger partial charge is 0.415 e. The lowest BCUT2D eigenvalue weighted by Crippen LogP contribution is -2.43. The van der Waals surface area contributed by atoms with Gasteiger partial charge in [-0.15, -0.1) is 11.3 Å². The molecule has 1 aromatic rings. The van der Waals surface area contributed by atoms with E-state index in [4.69, 9.17) is 10.5 Å². The van der Waals surface area contributed by atoms with Gasteiger partial charge in [-0.1, -0.05) is 0 Å². The number of hydrogen-bond donors (Lipinski definition) is 1. The van der Waals surface area contributed by atoms with E-state index in [0.29, 0.717) is 25.3 Å². The van der Waals surface area contributed by atoms with Crippen LogP contribution < -0.4 is 5.73 Å². The Bertz CT molecular complexity index is 590. The Balaban J connectivity index is 2.09. The van der Waals surface area contributed by atoms with Crippen LogP contribution in [0.4, 0.5) is 4.79 Å². The van der Waals surface area contributed by atoms with E-state index in [0.717, 1.165) is 9.35 Å². The lowest BCUT2D eigenvalue weighted by molar-refractivity contribution is 0.0380. The zero-order chi connectivity index (χ0) is 16.5. The Kier molecular flexibility index (Phi) is 4.99. The van der Waals surface area contributed by atoms with Crippen molar-refractivity contribution in [3.05, 3.63) is 20.8 Å². The predicted molar refractivity (Wildman–Crippen MR) is 93.4 cm³/mol. The molecule has 5 nitrogen and oxygen atoms in total. The minimum atomic E-state index is -0.569. The van der Waals surface area contributed by atoms with E-state index in [-0.39, 0.29) is 6.09 Å². The fourth-order valence-corrected chi connectivity index (χ4v) is 3.69. The summed E-state index contributed by atoms with van der Waals surface area (Å²) in [5.41, 5.74) is 5.36.